The SMILES string of the molecule is c1cnc2c(Nc3cc(Nc4cccc5cccnc45)ncn3)cccc2c1. The Balaban J connectivity index is 1.46. The van der Waals surface area contributed by atoms with Crippen molar-refractivity contribution < 1.29 is 0 Å². The smallest absolute Gasteiger partial charge is 0.135 e. The van der Waals surface area contributed by atoms with Gasteiger partial charge in [-0.05, 0) is 24.3 Å². The number of benzene rings is 2. The molecule has 0 spiro atoms. The minimum absolute atomic E-state index is 0.684. The van der Waals surface area contributed by atoms with E-state index in [2.05, 4.69) is 30.6 Å². The number of rotatable bonds is 4. The van der Waals surface area contributed by atoms with E-state index in [0.29, 0.717) is 11.6 Å². The fourth-order valence-electron chi connectivity index (χ4n) is 3.18. The average Bonchev–Trinajstić information content (AvgIpc) is 2.75. The Hall–Kier alpha value is -4.06. The van der Waals surface area contributed by atoms with Gasteiger partial charge in [-0.15, -0.1) is 0 Å². The molecule has 3 aromatic heterocycles. The standard InChI is InChI=1S/C22H16N6/c1-5-15-7-3-11-23-21(15)17(9-1)27-19-13-20(26-14-25-19)28-18-10-2-6-16-8-4-12-24-22(16)18/h1-14H,(H2,25,26,27,28). The number of anilines is 4. The van der Waals surface area contributed by atoms with Crippen LogP contribution in [0, 0.1) is 0 Å². The molecule has 0 unspecified atom stereocenters. The molecule has 0 atom stereocenters. The van der Waals surface area contributed by atoms with Crippen molar-refractivity contribution in [2.45, 2.75) is 0 Å². The molecule has 0 radical (unpaired) electrons. The summed E-state index contributed by atoms with van der Waals surface area (Å²) in [6.07, 6.45) is 5.10. The lowest BCUT2D eigenvalue weighted by atomic mass is 10.2. The molecule has 0 aliphatic carbocycles. The van der Waals surface area contributed by atoms with Gasteiger partial charge >= 0.3 is 0 Å². The molecule has 0 aliphatic heterocycles. The van der Waals surface area contributed by atoms with Crippen LogP contribution in [-0.2, 0) is 0 Å². The van der Waals surface area contributed by atoms with Crippen molar-refractivity contribution >= 4 is 44.8 Å². The molecule has 0 amide bonds. The normalized spacial score (nSPS) is 10.9. The predicted molar refractivity (Wildman–Crippen MR) is 112 cm³/mol. The Morgan fingerprint density at radius 1 is 0.536 bits per heavy atom. The molecule has 0 saturated carbocycles. The van der Waals surface area contributed by atoms with Crippen LogP contribution in [0.4, 0.5) is 23.0 Å². The van der Waals surface area contributed by atoms with Crippen LogP contribution >= 0.6 is 0 Å². The van der Waals surface area contributed by atoms with E-state index in [1.54, 1.807) is 12.4 Å². The summed E-state index contributed by atoms with van der Waals surface area (Å²) < 4.78 is 0. The van der Waals surface area contributed by atoms with Crippen molar-refractivity contribution in [2.24, 2.45) is 0 Å². The molecule has 5 rings (SSSR count). The average molecular weight is 364 g/mol. The first-order chi connectivity index (χ1) is 13.9. The third kappa shape index (κ3) is 3.07. The lowest BCUT2D eigenvalue weighted by molar-refractivity contribution is 1.17. The molecule has 2 aromatic carbocycles. The van der Waals surface area contributed by atoms with Crippen LogP contribution in [0.1, 0.15) is 0 Å². The summed E-state index contributed by atoms with van der Waals surface area (Å²) >= 11 is 0. The molecule has 0 saturated heterocycles. The Kier molecular flexibility index (Phi) is 3.99. The third-order valence-corrected chi connectivity index (χ3v) is 4.46. The van der Waals surface area contributed by atoms with Crippen LogP contribution < -0.4 is 10.6 Å². The quantitative estimate of drug-likeness (QED) is 0.464. The summed E-state index contributed by atoms with van der Waals surface area (Å²) in [4.78, 5) is 17.6. The molecule has 2 N–H and O–H groups in total. The van der Waals surface area contributed by atoms with E-state index in [0.717, 1.165) is 33.2 Å². The maximum absolute atomic E-state index is 4.47. The zero-order valence-electron chi connectivity index (χ0n) is 14.9. The number of fused-ring (bicyclic) bond motifs is 2. The van der Waals surface area contributed by atoms with Gasteiger partial charge in [0.25, 0.3) is 0 Å². The summed E-state index contributed by atoms with van der Waals surface area (Å²) in [5.41, 5.74) is 3.59. The lowest BCUT2D eigenvalue weighted by Gasteiger charge is -2.11. The first-order valence-electron chi connectivity index (χ1n) is 8.90. The van der Waals surface area contributed by atoms with E-state index in [-0.39, 0.29) is 0 Å². The second kappa shape index (κ2) is 6.92. The van der Waals surface area contributed by atoms with Crippen molar-refractivity contribution in [3.8, 4) is 0 Å². The van der Waals surface area contributed by atoms with Crippen LogP contribution in [0.25, 0.3) is 21.8 Å². The topological polar surface area (TPSA) is 75.6 Å². The largest absolute Gasteiger partial charge is 0.338 e. The van der Waals surface area contributed by atoms with Crippen LogP contribution in [0.5, 0.6) is 0 Å². The number of nitrogens with one attached hydrogen (secondary N) is 2. The van der Waals surface area contributed by atoms with E-state index < -0.39 is 0 Å². The minimum Gasteiger partial charge on any atom is -0.338 e. The van der Waals surface area contributed by atoms with Gasteiger partial charge in [0.15, 0.2) is 0 Å². The molecule has 0 aliphatic rings. The highest BCUT2D eigenvalue weighted by Crippen LogP contribution is 2.26. The Morgan fingerprint density at radius 3 is 1.57 bits per heavy atom. The summed E-state index contributed by atoms with van der Waals surface area (Å²) in [5, 5.41) is 8.82. The molecule has 28 heavy (non-hydrogen) atoms. The first-order valence-corrected chi connectivity index (χ1v) is 8.90. The fraction of sp³-hybridized carbons (Fsp3) is 0. The van der Waals surface area contributed by atoms with Crippen molar-refractivity contribution in [3.63, 3.8) is 0 Å². The van der Waals surface area contributed by atoms with Crippen LogP contribution in [-0.4, -0.2) is 19.9 Å². The first kappa shape index (κ1) is 16.1. The third-order valence-electron chi connectivity index (χ3n) is 4.46. The van der Waals surface area contributed by atoms with E-state index in [1.807, 2.05) is 66.7 Å². The summed E-state index contributed by atoms with van der Waals surface area (Å²) in [6, 6.07) is 21.8. The molecule has 134 valence electrons. The van der Waals surface area contributed by atoms with Crippen molar-refractivity contribution in [3.05, 3.63) is 85.5 Å². The highest BCUT2D eigenvalue weighted by Gasteiger charge is 2.06. The van der Waals surface area contributed by atoms with Gasteiger partial charge in [-0.25, -0.2) is 9.97 Å². The van der Waals surface area contributed by atoms with Gasteiger partial charge in [-0.1, -0.05) is 36.4 Å². The van der Waals surface area contributed by atoms with Gasteiger partial charge in [0.05, 0.1) is 22.4 Å². The van der Waals surface area contributed by atoms with E-state index >= 15 is 0 Å². The maximum atomic E-state index is 4.47. The van der Waals surface area contributed by atoms with Crippen molar-refractivity contribution in [1.29, 1.82) is 0 Å². The molecular formula is C22H16N6. The monoisotopic (exact) mass is 364 g/mol. The maximum Gasteiger partial charge on any atom is 0.135 e. The molecule has 0 bridgehead atoms. The van der Waals surface area contributed by atoms with Gasteiger partial charge in [0, 0.05) is 29.2 Å². The van der Waals surface area contributed by atoms with Gasteiger partial charge < -0.3 is 10.6 Å². The number of para-hydroxylation sites is 2. The van der Waals surface area contributed by atoms with E-state index in [1.165, 1.54) is 6.33 Å². The van der Waals surface area contributed by atoms with Gasteiger partial charge in [0.1, 0.15) is 18.0 Å². The molecular weight excluding hydrogens is 348 g/mol. The molecule has 3 heterocycles. The molecule has 5 aromatic rings. The number of nitrogens with zero attached hydrogens (tertiary/aromatic N) is 4. The van der Waals surface area contributed by atoms with E-state index in [9.17, 15) is 0 Å². The highest BCUT2D eigenvalue weighted by molar-refractivity contribution is 5.93. The zero-order valence-corrected chi connectivity index (χ0v) is 14.9. The summed E-state index contributed by atoms with van der Waals surface area (Å²) in [6.45, 7) is 0. The summed E-state index contributed by atoms with van der Waals surface area (Å²) in [7, 11) is 0. The summed E-state index contributed by atoms with van der Waals surface area (Å²) in [5.74, 6) is 1.37. The highest BCUT2D eigenvalue weighted by atomic mass is 15.1. The number of aromatic nitrogens is 4. The number of hydrogen-bond acceptors (Lipinski definition) is 6. The van der Waals surface area contributed by atoms with Crippen molar-refractivity contribution in [1.82, 2.24) is 19.9 Å². The van der Waals surface area contributed by atoms with Crippen LogP contribution in [0.2, 0.25) is 0 Å². The Bertz CT molecular complexity index is 1180. The van der Waals surface area contributed by atoms with Gasteiger partial charge in [0.2, 0.25) is 0 Å². The van der Waals surface area contributed by atoms with E-state index in [4.69, 9.17) is 0 Å². The minimum atomic E-state index is 0.684. The Labute approximate surface area is 161 Å². The van der Waals surface area contributed by atoms with Crippen molar-refractivity contribution in [2.75, 3.05) is 10.6 Å². The zero-order chi connectivity index (χ0) is 18.8. The fourth-order valence-corrected chi connectivity index (χ4v) is 3.18. The predicted octanol–water partition coefficient (Wildman–Crippen LogP) is 5.06. The number of pyridine rings is 2. The second-order valence-electron chi connectivity index (χ2n) is 6.30. The molecule has 6 heteroatoms. The Morgan fingerprint density at radius 2 is 1.04 bits per heavy atom. The van der Waals surface area contributed by atoms with Gasteiger partial charge in [-0.3, -0.25) is 9.97 Å². The van der Waals surface area contributed by atoms with Gasteiger partial charge in [-0.2, -0.15) is 0 Å². The number of hydrogen-bond donors (Lipinski definition) is 2. The van der Waals surface area contributed by atoms with Crippen LogP contribution in [0.15, 0.2) is 85.5 Å². The molecule has 6 nitrogen and oxygen atoms in total. The second-order valence-corrected chi connectivity index (χ2v) is 6.30. The van der Waals surface area contributed by atoms with Crippen LogP contribution in [0.3, 0.4) is 0 Å². The molecule has 0 fully saturated rings. The lowest BCUT2D eigenvalue weighted by Crippen LogP contribution is -2.00.